The van der Waals surface area contributed by atoms with Crippen LogP contribution in [0.3, 0.4) is 0 Å². The van der Waals surface area contributed by atoms with E-state index in [0.717, 1.165) is 0 Å². The van der Waals surface area contributed by atoms with Gasteiger partial charge in [0.05, 0.1) is 6.04 Å². The molecule has 36 heavy (non-hydrogen) atoms. The maximum Gasteiger partial charge on any atom is 0.326 e. The Morgan fingerprint density at radius 2 is 1.36 bits per heavy atom. The minimum Gasteiger partial charge on any atom is -0.508 e. The Kier molecular flexibility index (Phi) is 11.8. The molecule has 0 saturated carbocycles. The first-order chi connectivity index (χ1) is 16.7. The molecule has 4 atom stereocenters. The zero-order valence-corrected chi connectivity index (χ0v) is 20.9. The first-order valence-corrected chi connectivity index (χ1v) is 11.6. The van der Waals surface area contributed by atoms with Crippen molar-refractivity contribution in [2.24, 2.45) is 17.6 Å². The lowest BCUT2D eigenvalue weighted by Gasteiger charge is -2.27. The number of hydrogen-bond acceptors (Lipinski definition) is 7. The van der Waals surface area contributed by atoms with Crippen LogP contribution in [-0.4, -0.2) is 69.1 Å². The van der Waals surface area contributed by atoms with Crippen LogP contribution < -0.4 is 21.7 Å². The number of phenols is 1. The molecule has 0 aliphatic carbocycles. The second-order valence-corrected chi connectivity index (χ2v) is 9.26. The molecule has 0 bridgehead atoms. The van der Waals surface area contributed by atoms with Crippen molar-refractivity contribution in [1.82, 2.24) is 16.0 Å². The Labute approximate surface area is 209 Å². The van der Waals surface area contributed by atoms with E-state index in [0.29, 0.717) is 5.56 Å². The summed E-state index contributed by atoms with van der Waals surface area (Å²) in [6, 6.07) is 1.40. The summed E-state index contributed by atoms with van der Waals surface area (Å²) in [4.78, 5) is 60.9. The van der Waals surface area contributed by atoms with Gasteiger partial charge in [-0.1, -0.05) is 39.8 Å². The Hall–Kier alpha value is -3.67. The number of hydrogen-bond donors (Lipinski definition) is 7. The summed E-state index contributed by atoms with van der Waals surface area (Å²) in [5, 5.41) is 35.1. The molecule has 1 aromatic rings. The Morgan fingerprint density at radius 1 is 0.806 bits per heavy atom. The van der Waals surface area contributed by atoms with Gasteiger partial charge in [0, 0.05) is 12.8 Å². The fourth-order valence-corrected chi connectivity index (χ4v) is 3.22. The van der Waals surface area contributed by atoms with Crippen LogP contribution in [-0.2, 0) is 30.4 Å². The van der Waals surface area contributed by atoms with Gasteiger partial charge in [0.25, 0.3) is 0 Å². The molecule has 0 fully saturated rings. The van der Waals surface area contributed by atoms with E-state index in [9.17, 15) is 34.2 Å². The third kappa shape index (κ3) is 9.90. The molecule has 0 radical (unpaired) electrons. The van der Waals surface area contributed by atoms with Gasteiger partial charge < -0.3 is 37.0 Å². The van der Waals surface area contributed by atoms with Crippen molar-refractivity contribution >= 4 is 29.7 Å². The normalized spacial score (nSPS) is 14.4. The third-order valence-electron chi connectivity index (χ3n) is 5.54. The number of rotatable bonds is 14. The maximum atomic E-state index is 13.2. The van der Waals surface area contributed by atoms with Crippen LogP contribution in [0.2, 0.25) is 0 Å². The summed E-state index contributed by atoms with van der Waals surface area (Å²) in [5.41, 5.74) is 6.54. The van der Waals surface area contributed by atoms with Crippen molar-refractivity contribution in [3.63, 3.8) is 0 Å². The molecular formula is C24H36N4O8. The SMILES string of the molecule is CC(C)C(N)C(=O)NC(Cc1ccc(O)cc1)C(=O)NC(C(=O)NC(CCC(=O)O)C(=O)O)C(C)C. The lowest BCUT2D eigenvalue weighted by Crippen LogP contribution is -2.59. The molecule has 0 aliphatic heterocycles. The third-order valence-corrected chi connectivity index (χ3v) is 5.54. The molecule has 12 nitrogen and oxygen atoms in total. The zero-order valence-electron chi connectivity index (χ0n) is 20.9. The lowest BCUT2D eigenvalue weighted by molar-refractivity contribution is -0.143. The summed E-state index contributed by atoms with van der Waals surface area (Å²) >= 11 is 0. The number of aliphatic carboxylic acids is 2. The highest BCUT2D eigenvalue weighted by Gasteiger charge is 2.32. The Balaban J connectivity index is 3.09. The van der Waals surface area contributed by atoms with Crippen LogP contribution in [0.1, 0.15) is 46.1 Å². The van der Waals surface area contributed by atoms with E-state index >= 15 is 0 Å². The maximum absolute atomic E-state index is 13.2. The van der Waals surface area contributed by atoms with Gasteiger partial charge in [-0.3, -0.25) is 19.2 Å². The molecule has 12 heteroatoms. The molecule has 3 amide bonds. The first-order valence-electron chi connectivity index (χ1n) is 11.6. The van der Waals surface area contributed by atoms with E-state index in [1.165, 1.54) is 12.1 Å². The monoisotopic (exact) mass is 508 g/mol. The van der Waals surface area contributed by atoms with Crippen molar-refractivity contribution in [1.29, 1.82) is 0 Å². The Bertz CT molecular complexity index is 933. The topological polar surface area (TPSA) is 208 Å². The number of carboxylic acid groups (broad SMARTS) is 2. The van der Waals surface area contributed by atoms with Crippen LogP contribution in [0.25, 0.3) is 0 Å². The van der Waals surface area contributed by atoms with Gasteiger partial charge in [0.2, 0.25) is 17.7 Å². The van der Waals surface area contributed by atoms with Gasteiger partial charge in [-0.05, 0) is 36.0 Å². The van der Waals surface area contributed by atoms with Crippen LogP contribution in [0.15, 0.2) is 24.3 Å². The average Bonchev–Trinajstić information content (AvgIpc) is 2.79. The average molecular weight is 509 g/mol. The second kappa shape index (κ2) is 14.0. The fourth-order valence-electron chi connectivity index (χ4n) is 3.22. The number of benzene rings is 1. The van der Waals surface area contributed by atoms with Crippen molar-refractivity contribution in [3.8, 4) is 5.75 Å². The zero-order chi connectivity index (χ0) is 27.6. The summed E-state index contributed by atoms with van der Waals surface area (Å²) in [6.45, 7) is 6.78. The van der Waals surface area contributed by atoms with Crippen LogP contribution in [0.4, 0.5) is 0 Å². The van der Waals surface area contributed by atoms with E-state index in [1.54, 1.807) is 39.8 Å². The molecule has 0 aliphatic rings. The highest BCUT2D eigenvalue weighted by molar-refractivity contribution is 5.94. The van der Waals surface area contributed by atoms with Gasteiger partial charge in [-0.2, -0.15) is 0 Å². The largest absolute Gasteiger partial charge is 0.508 e. The van der Waals surface area contributed by atoms with Crippen LogP contribution in [0, 0.1) is 11.8 Å². The molecule has 0 saturated heterocycles. The minimum absolute atomic E-state index is 0.0260. The highest BCUT2D eigenvalue weighted by Crippen LogP contribution is 2.13. The van der Waals surface area contributed by atoms with E-state index in [-0.39, 0.29) is 24.5 Å². The van der Waals surface area contributed by atoms with Crippen LogP contribution >= 0.6 is 0 Å². The molecule has 1 aromatic carbocycles. The number of amides is 3. The van der Waals surface area contributed by atoms with E-state index in [4.69, 9.17) is 10.8 Å². The standard InChI is InChI=1S/C24H36N4O8/c1-12(2)19(25)22(33)27-17(11-14-5-7-15(29)8-6-14)21(32)28-20(13(3)4)23(34)26-16(24(35)36)9-10-18(30)31/h5-8,12-13,16-17,19-20,29H,9-11,25H2,1-4H3,(H,26,34)(H,27,33)(H,28,32)(H,30,31)(H,35,36). The number of nitrogens with two attached hydrogens (primary N) is 1. The molecule has 1 rings (SSSR count). The van der Waals surface area contributed by atoms with E-state index in [2.05, 4.69) is 16.0 Å². The van der Waals surface area contributed by atoms with Crippen molar-refractivity contribution in [2.75, 3.05) is 0 Å². The number of carboxylic acids is 2. The fraction of sp³-hybridized carbons (Fsp3) is 0.542. The molecule has 0 heterocycles. The molecule has 8 N–H and O–H groups in total. The minimum atomic E-state index is -1.46. The predicted molar refractivity (Wildman–Crippen MR) is 130 cm³/mol. The summed E-state index contributed by atoms with van der Waals surface area (Å²) in [6.07, 6.45) is -0.764. The van der Waals surface area contributed by atoms with Crippen molar-refractivity contribution < 1.29 is 39.3 Å². The predicted octanol–water partition coefficient (Wildman–Crippen LogP) is -0.0222. The van der Waals surface area contributed by atoms with Gasteiger partial charge in [0.15, 0.2) is 0 Å². The van der Waals surface area contributed by atoms with Gasteiger partial charge in [-0.15, -0.1) is 0 Å². The number of carbonyl (C=O) groups excluding carboxylic acids is 3. The lowest BCUT2D eigenvalue weighted by atomic mass is 9.99. The van der Waals surface area contributed by atoms with Gasteiger partial charge in [-0.25, -0.2) is 4.79 Å². The quantitative estimate of drug-likeness (QED) is 0.180. The van der Waals surface area contributed by atoms with E-state index in [1.807, 2.05) is 0 Å². The molecule has 200 valence electrons. The smallest absolute Gasteiger partial charge is 0.326 e. The number of nitrogens with one attached hydrogen (secondary N) is 3. The number of phenolic OH excluding ortho intramolecular Hbond substituents is 1. The van der Waals surface area contributed by atoms with Crippen molar-refractivity contribution in [3.05, 3.63) is 29.8 Å². The molecular weight excluding hydrogens is 472 g/mol. The van der Waals surface area contributed by atoms with E-state index < -0.39 is 66.2 Å². The van der Waals surface area contributed by atoms with Crippen LogP contribution in [0.5, 0.6) is 5.75 Å². The first kappa shape index (κ1) is 30.4. The Morgan fingerprint density at radius 3 is 1.83 bits per heavy atom. The molecule has 4 unspecified atom stereocenters. The second-order valence-electron chi connectivity index (χ2n) is 9.26. The number of aromatic hydroxyl groups is 1. The summed E-state index contributed by atoms with van der Waals surface area (Å²) < 4.78 is 0. The molecule has 0 aromatic heterocycles. The summed E-state index contributed by atoms with van der Waals surface area (Å²) in [5.74, 6) is -5.31. The summed E-state index contributed by atoms with van der Waals surface area (Å²) in [7, 11) is 0. The van der Waals surface area contributed by atoms with Gasteiger partial charge in [0.1, 0.15) is 23.9 Å². The number of carbonyl (C=O) groups is 5. The molecule has 0 spiro atoms. The van der Waals surface area contributed by atoms with Crippen molar-refractivity contribution in [2.45, 2.75) is 71.1 Å². The highest BCUT2D eigenvalue weighted by atomic mass is 16.4. The van der Waals surface area contributed by atoms with Gasteiger partial charge >= 0.3 is 11.9 Å².